The van der Waals surface area contributed by atoms with Crippen molar-refractivity contribution in [3.63, 3.8) is 0 Å². The van der Waals surface area contributed by atoms with E-state index in [-0.39, 0.29) is 10.8 Å². The van der Waals surface area contributed by atoms with Crippen molar-refractivity contribution in [2.24, 2.45) is 0 Å². The van der Waals surface area contributed by atoms with Crippen LogP contribution in [0.25, 0.3) is 0 Å². The molecule has 0 saturated heterocycles. The van der Waals surface area contributed by atoms with Crippen molar-refractivity contribution in [2.45, 2.75) is 6.43 Å². The molecule has 0 radical (unpaired) electrons. The molecule has 1 rings (SSSR count). The van der Waals surface area contributed by atoms with Crippen molar-refractivity contribution in [1.82, 2.24) is 4.98 Å². The topological polar surface area (TPSA) is 38.9 Å². The van der Waals surface area contributed by atoms with Gasteiger partial charge in [-0.2, -0.15) is 0 Å². The Bertz CT molecular complexity index is 283. The van der Waals surface area contributed by atoms with Gasteiger partial charge in [0.1, 0.15) is 11.5 Å². The molecule has 1 aromatic rings. The first kappa shape index (κ1) is 9.67. The summed E-state index contributed by atoms with van der Waals surface area (Å²) >= 11 is 8.56. The molecule has 66 valence electrons. The summed E-state index contributed by atoms with van der Waals surface area (Å²) in [5.74, 6) is -0.0298. The molecule has 0 aromatic carbocycles. The first-order chi connectivity index (χ1) is 5.52. The van der Waals surface area contributed by atoms with Gasteiger partial charge >= 0.3 is 0 Å². The van der Waals surface area contributed by atoms with E-state index in [1.165, 1.54) is 0 Å². The maximum absolute atomic E-state index is 12.1. The molecule has 12 heavy (non-hydrogen) atoms. The normalized spacial score (nSPS) is 10.8. The van der Waals surface area contributed by atoms with Crippen LogP contribution >= 0.6 is 27.5 Å². The van der Waals surface area contributed by atoms with Crippen molar-refractivity contribution in [3.8, 4) is 0 Å². The van der Waals surface area contributed by atoms with Gasteiger partial charge in [-0.3, -0.25) is 0 Å². The molecule has 1 heterocycles. The zero-order chi connectivity index (χ0) is 9.30. The lowest BCUT2D eigenvalue weighted by Gasteiger charge is -2.03. The average molecular weight is 257 g/mol. The predicted octanol–water partition coefficient (Wildman–Crippen LogP) is 3.02. The third-order valence-electron chi connectivity index (χ3n) is 1.18. The minimum Gasteiger partial charge on any atom is -0.383 e. The molecule has 0 aliphatic heterocycles. The van der Waals surface area contributed by atoms with Crippen LogP contribution < -0.4 is 5.73 Å². The van der Waals surface area contributed by atoms with Crippen LogP contribution in [0, 0.1) is 0 Å². The number of anilines is 1. The second-order valence-electron chi connectivity index (χ2n) is 2.03. The molecule has 0 aliphatic rings. The van der Waals surface area contributed by atoms with Gasteiger partial charge in [-0.25, -0.2) is 13.8 Å². The van der Waals surface area contributed by atoms with E-state index in [4.69, 9.17) is 17.3 Å². The van der Waals surface area contributed by atoms with Gasteiger partial charge in [0.2, 0.25) is 0 Å². The van der Waals surface area contributed by atoms with Crippen molar-refractivity contribution in [2.75, 3.05) is 5.73 Å². The van der Waals surface area contributed by atoms with Gasteiger partial charge in [0.05, 0.1) is 9.50 Å². The number of aromatic nitrogens is 1. The van der Waals surface area contributed by atoms with Crippen LogP contribution in [0.2, 0.25) is 5.02 Å². The first-order valence-corrected chi connectivity index (χ1v) is 4.09. The summed E-state index contributed by atoms with van der Waals surface area (Å²) in [4.78, 5) is 3.43. The summed E-state index contributed by atoms with van der Waals surface area (Å²) in [6.07, 6.45) is -2.65. The van der Waals surface area contributed by atoms with Crippen molar-refractivity contribution in [3.05, 3.63) is 21.3 Å². The average Bonchev–Trinajstić information content (AvgIpc) is 1.99. The maximum Gasteiger partial charge on any atom is 0.280 e. The van der Waals surface area contributed by atoms with Gasteiger partial charge in [-0.15, -0.1) is 0 Å². The number of nitrogens with zero attached hydrogens (tertiary/aromatic N) is 1. The van der Waals surface area contributed by atoms with Gasteiger partial charge < -0.3 is 5.73 Å². The highest BCUT2D eigenvalue weighted by Crippen LogP contribution is 2.30. The van der Waals surface area contributed by atoms with Gasteiger partial charge in [-0.05, 0) is 22.0 Å². The fourth-order valence-corrected chi connectivity index (χ4v) is 1.06. The molecule has 2 N–H and O–H groups in total. The lowest BCUT2D eigenvalue weighted by atomic mass is 10.3. The molecule has 6 heteroatoms. The molecular formula is C6H4BrClF2N2. The van der Waals surface area contributed by atoms with Crippen LogP contribution in [0.5, 0.6) is 0 Å². The Kier molecular flexibility index (Phi) is 2.85. The third kappa shape index (κ3) is 1.84. The van der Waals surface area contributed by atoms with Gasteiger partial charge in [0, 0.05) is 0 Å². The smallest absolute Gasteiger partial charge is 0.280 e. The quantitative estimate of drug-likeness (QED) is 0.840. The molecule has 0 atom stereocenters. The van der Waals surface area contributed by atoms with Crippen LogP contribution in [-0.4, -0.2) is 4.98 Å². The summed E-state index contributed by atoms with van der Waals surface area (Å²) in [6, 6.07) is 1.08. The van der Waals surface area contributed by atoms with Crippen LogP contribution in [0.4, 0.5) is 14.6 Å². The van der Waals surface area contributed by atoms with E-state index >= 15 is 0 Å². The number of nitrogen functional groups attached to an aromatic ring is 1. The van der Waals surface area contributed by atoms with E-state index in [9.17, 15) is 8.78 Å². The highest BCUT2D eigenvalue weighted by atomic mass is 79.9. The molecule has 0 saturated carbocycles. The SMILES string of the molecule is Nc1nc(C(F)F)cc(Cl)c1Br. The Hall–Kier alpha value is -0.420. The minimum absolute atomic E-state index is 0.0298. The van der Waals surface area contributed by atoms with E-state index in [1.807, 2.05) is 0 Å². The van der Waals surface area contributed by atoms with E-state index in [0.717, 1.165) is 6.07 Å². The zero-order valence-electron chi connectivity index (χ0n) is 5.69. The summed E-state index contributed by atoms with van der Waals surface area (Å²) in [5, 5.41) is 0.137. The fourth-order valence-electron chi connectivity index (χ4n) is 0.648. The molecule has 0 fully saturated rings. The Morgan fingerprint density at radius 2 is 2.17 bits per heavy atom. The van der Waals surface area contributed by atoms with Gasteiger partial charge in [-0.1, -0.05) is 11.6 Å². The summed E-state index contributed by atoms with van der Waals surface area (Å²) in [6.45, 7) is 0. The van der Waals surface area contributed by atoms with Gasteiger partial charge in [0.25, 0.3) is 6.43 Å². The lowest BCUT2D eigenvalue weighted by molar-refractivity contribution is 0.146. The fraction of sp³-hybridized carbons (Fsp3) is 0.167. The van der Waals surface area contributed by atoms with E-state index in [2.05, 4.69) is 20.9 Å². The van der Waals surface area contributed by atoms with Crippen molar-refractivity contribution in [1.29, 1.82) is 0 Å². The van der Waals surface area contributed by atoms with Crippen LogP contribution in [-0.2, 0) is 0 Å². The summed E-state index contributed by atoms with van der Waals surface area (Å²) < 4.78 is 24.5. The Balaban J connectivity index is 3.21. The standard InChI is InChI=1S/C6H4BrClF2N2/c7-4-2(8)1-3(5(9)10)12-6(4)11/h1,5H,(H2,11,12). The number of rotatable bonds is 1. The maximum atomic E-state index is 12.1. The van der Waals surface area contributed by atoms with Crippen LogP contribution in [0.3, 0.4) is 0 Å². The number of hydrogen-bond acceptors (Lipinski definition) is 2. The predicted molar refractivity (Wildman–Crippen MR) is 46.3 cm³/mol. The van der Waals surface area contributed by atoms with E-state index < -0.39 is 12.1 Å². The van der Waals surface area contributed by atoms with Crippen molar-refractivity contribution >= 4 is 33.3 Å². The Labute approximate surface area is 80.9 Å². The van der Waals surface area contributed by atoms with Gasteiger partial charge in [0.15, 0.2) is 0 Å². The molecule has 0 spiro atoms. The molecule has 1 aromatic heterocycles. The Morgan fingerprint density at radius 1 is 1.58 bits per heavy atom. The summed E-state index contributed by atoms with van der Waals surface area (Å²) in [7, 11) is 0. The number of pyridine rings is 1. The molecule has 0 aliphatic carbocycles. The Morgan fingerprint density at radius 3 is 2.58 bits per heavy atom. The monoisotopic (exact) mass is 256 g/mol. The minimum atomic E-state index is -2.65. The number of halogens is 4. The molecular weight excluding hydrogens is 253 g/mol. The third-order valence-corrected chi connectivity index (χ3v) is 2.54. The molecule has 2 nitrogen and oxygen atoms in total. The van der Waals surface area contributed by atoms with Crippen molar-refractivity contribution < 1.29 is 8.78 Å². The number of alkyl halides is 2. The highest BCUT2D eigenvalue weighted by Gasteiger charge is 2.13. The lowest BCUT2D eigenvalue weighted by Crippen LogP contribution is -1.97. The molecule has 0 amide bonds. The van der Waals surface area contributed by atoms with E-state index in [1.54, 1.807) is 0 Å². The molecule has 0 bridgehead atoms. The van der Waals surface area contributed by atoms with Crippen LogP contribution in [0.15, 0.2) is 10.5 Å². The molecule has 0 unspecified atom stereocenters. The highest BCUT2D eigenvalue weighted by molar-refractivity contribution is 9.10. The largest absolute Gasteiger partial charge is 0.383 e. The second kappa shape index (κ2) is 3.53. The second-order valence-corrected chi connectivity index (χ2v) is 3.23. The first-order valence-electron chi connectivity index (χ1n) is 2.92. The summed E-state index contributed by atoms with van der Waals surface area (Å²) in [5.41, 5.74) is 4.87. The zero-order valence-corrected chi connectivity index (χ0v) is 8.03. The number of nitrogens with two attached hydrogens (primary N) is 1. The number of hydrogen-bond donors (Lipinski definition) is 1. The van der Waals surface area contributed by atoms with Crippen LogP contribution in [0.1, 0.15) is 12.1 Å². The van der Waals surface area contributed by atoms with E-state index in [0.29, 0.717) is 4.47 Å².